The highest BCUT2D eigenvalue weighted by Crippen LogP contribution is 2.34. The van der Waals surface area contributed by atoms with E-state index in [4.69, 9.17) is 4.74 Å². The quantitative estimate of drug-likeness (QED) is 0.757. The van der Waals surface area contributed by atoms with Crippen molar-refractivity contribution >= 4 is 0 Å². The molecule has 0 N–H and O–H groups in total. The molecule has 1 aliphatic heterocycles. The lowest BCUT2D eigenvalue weighted by molar-refractivity contribution is 0.0748. The predicted molar refractivity (Wildman–Crippen MR) is 63.0 cm³/mol. The van der Waals surface area contributed by atoms with Gasteiger partial charge in [-0.25, -0.2) is 4.39 Å². The van der Waals surface area contributed by atoms with E-state index in [1.807, 2.05) is 12.1 Å². The standard InChI is InChI=1S/C14H19FO/c1-10(2)14(13-4-3-9-16-13)11-5-7-12(15)8-6-11/h5-8,10,13-14H,3-4,9H2,1-2H3. The summed E-state index contributed by atoms with van der Waals surface area (Å²) >= 11 is 0. The van der Waals surface area contributed by atoms with E-state index < -0.39 is 0 Å². The van der Waals surface area contributed by atoms with Gasteiger partial charge in [0, 0.05) is 12.5 Å². The fourth-order valence-corrected chi connectivity index (χ4v) is 2.60. The molecule has 0 bridgehead atoms. The van der Waals surface area contributed by atoms with Crippen LogP contribution in [0.3, 0.4) is 0 Å². The molecule has 0 aliphatic carbocycles. The van der Waals surface area contributed by atoms with Crippen molar-refractivity contribution in [2.75, 3.05) is 6.61 Å². The lowest BCUT2D eigenvalue weighted by atomic mass is 9.83. The lowest BCUT2D eigenvalue weighted by Gasteiger charge is -2.27. The number of rotatable bonds is 3. The highest BCUT2D eigenvalue weighted by molar-refractivity contribution is 5.22. The Bertz CT molecular complexity index is 325. The second kappa shape index (κ2) is 4.96. The zero-order valence-electron chi connectivity index (χ0n) is 9.95. The van der Waals surface area contributed by atoms with Crippen molar-refractivity contribution in [1.82, 2.24) is 0 Å². The van der Waals surface area contributed by atoms with Crippen molar-refractivity contribution in [2.45, 2.75) is 38.7 Å². The van der Waals surface area contributed by atoms with Gasteiger partial charge in [-0.3, -0.25) is 0 Å². The van der Waals surface area contributed by atoms with Crippen LogP contribution < -0.4 is 0 Å². The molecule has 2 atom stereocenters. The summed E-state index contributed by atoms with van der Waals surface area (Å²) in [6.45, 7) is 5.28. The number of halogens is 1. The normalized spacial score (nSPS) is 22.6. The van der Waals surface area contributed by atoms with Crippen molar-refractivity contribution in [3.05, 3.63) is 35.6 Å². The summed E-state index contributed by atoms with van der Waals surface area (Å²) in [7, 11) is 0. The molecule has 1 saturated heterocycles. The summed E-state index contributed by atoms with van der Waals surface area (Å²) in [5, 5.41) is 0. The minimum absolute atomic E-state index is 0.168. The van der Waals surface area contributed by atoms with E-state index in [0.717, 1.165) is 19.4 Å². The Morgan fingerprint density at radius 2 is 1.94 bits per heavy atom. The summed E-state index contributed by atoms with van der Waals surface area (Å²) in [5.41, 5.74) is 1.20. The second-order valence-electron chi connectivity index (χ2n) is 4.87. The predicted octanol–water partition coefficient (Wildman–Crippen LogP) is 3.74. The lowest BCUT2D eigenvalue weighted by Crippen LogP contribution is -2.22. The SMILES string of the molecule is CC(C)C(c1ccc(F)cc1)C1CCCO1. The molecule has 0 spiro atoms. The third kappa shape index (κ3) is 2.43. The first-order valence-corrected chi connectivity index (χ1v) is 6.05. The number of hydrogen-bond donors (Lipinski definition) is 0. The zero-order chi connectivity index (χ0) is 11.5. The van der Waals surface area contributed by atoms with E-state index in [1.165, 1.54) is 5.56 Å². The Morgan fingerprint density at radius 3 is 2.44 bits per heavy atom. The third-order valence-electron chi connectivity index (χ3n) is 3.34. The first kappa shape index (κ1) is 11.6. The Kier molecular flexibility index (Phi) is 3.59. The highest BCUT2D eigenvalue weighted by atomic mass is 19.1. The van der Waals surface area contributed by atoms with Gasteiger partial charge in [-0.15, -0.1) is 0 Å². The van der Waals surface area contributed by atoms with Gasteiger partial charge in [0.05, 0.1) is 6.10 Å². The van der Waals surface area contributed by atoms with Crippen molar-refractivity contribution < 1.29 is 9.13 Å². The molecule has 1 fully saturated rings. The van der Waals surface area contributed by atoms with Crippen LogP contribution in [0.25, 0.3) is 0 Å². The molecule has 1 aliphatic rings. The largest absolute Gasteiger partial charge is 0.378 e. The molecule has 16 heavy (non-hydrogen) atoms. The maximum absolute atomic E-state index is 12.9. The smallest absolute Gasteiger partial charge is 0.123 e. The topological polar surface area (TPSA) is 9.23 Å². The van der Waals surface area contributed by atoms with Crippen molar-refractivity contribution in [3.8, 4) is 0 Å². The van der Waals surface area contributed by atoms with Gasteiger partial charge < -0.3 is 4.74 Å². The fraction of sp³-hybridized carbons (Fsp3) is 0.571. The van der Waals surface area contributed by atoms with Crippen LogP contribution in [-0.4, -0.2) is 12.7 Å². The van der Waals surface area contributed by atoms with Crippen LogP contribution in [0.15, 0.2) is 24.3 Å². The van der Waals surface area contributed by atoms with Crippen molar-refractivity contribution in [1.29, 1.82) is 0 Å². The van der Waals surface area contributed by atoms with E-state index >= 15 is 0 Å². The van der Waals surface area contributed by atoms with E-state index in [9.17, 15) is 4.39 Å². The van der Waals surface area contributed by atoms with Gasteiger partial charge in [-0.1, -0.05) is 26.0 Å². The average Bonchev–Trinajstić information content (AvgIpc) is 2.74. The molecule has 0 radical (unpaired) electrons. The minimum atomic E-state index is -0.168. The van der Waals surface area contributed by atoms with Crippen LogP contribution in [0.5, 0.6) is 0 Å². The van der Waals surface area contributed by atoms with Gasteiger partial charge >= 0.3 is 0 Å². The monoisotopic (exact) mass is 222 g/mol. The van der Waals surface area contributed by atoms with E-state index in [2.05, 4.69) is 13.8 Å². The third-order valence-corrected chi connectivity index (χ3v) is 3.34. The van der Waals surface area contributed by atoms with Crippen LogP contribution in [0.2, 0.25) is 0 Å². The Morgan fingerprint density at radius 1 is 1.25 bits per heavy atom. The molecule has 0 saturated carbocycles. The number of hydrogen-bond acceptors (Lipinski definition) is 1. The van der Waals surface area contributed by atoms with Gasteiger partial charge in [-0.05, 0) is 36.5 Å². The molecule has 1 aromatic rings. The molecule has 1 aromatic carbocycles. The van der Waals surface area contributed by atoms with Gasteiger partial charge in [-0.2, -0.15) is 0 Å². The van der Waals surface area contributed by atoms with Gasteiger partial charge in [0.1, 0.15) is 5.82 Å². The molecule has 2 heteroatoms. The second-order valence-corrected chi connectivity index (χ2v) is 4.87. The van der Waals surface area contributed by atoms with Crippen LogP contribution in [0.4, 0.5) is 4.39 Å². The molecule has 0 aromatic heterocycles. The summed E-state index contributed by atoms with van der Waals surface area (Å²) < 4.78 is 18.7. The van der Waals surface area contributed by atoms with E-state index in [0.29, 0.717) is 17.9 Å². The van der Waals surface area contributed by atoms with E-state index in [1.54, 1.807) is 12.1 Å². The maximum Gasteiger partial charge on any atom is 0.123 e. The molecule has 2 rings (SSSR count). The Labute approximate surface area is 96.6 Å². The minimum Gasteiger partial charge on any atom is -0.378 e. The fourth-order valence-electron chi connectivity index (χ4n) is 2.60. The number of ether oxygens (including phenoxy) is 1. The van der Waals surface area contributed by atoms with Crippen molar-refractivity contribution in [2.24, 2.45) is 5.92 Å². The first-order chi connectivity index (χ1) is 7.68. The molecule has 1 nitrogen and oxygen atoms in total. The highest BCUT2D eigenvalue weighted by Gasteiger charge is 2.29. The molecular weight excluding hydrogens is 203 g/mol. The Hall–Kier alpha value is -0.890. The first-order valence-electron chi connectivity index (χ1n) is 6.05. The van der Waals surface area contributed by atoms with Gasteiger partial charge in [0.25, 0.3) is 0 Å². The number of benzene rings is 1. The summed E-state index contributed by atoms with van der Waals surface area (Å²) in [4.78, 5) is 0. The maximum atomic E-state index is 12.9. The zero-order valence-corrected chi connectivity index (χ0v) is 9.95. The molecule has 0 amide bonds. The van der Waals surface area contributed by atoms with E-state index in [-0.39, 0.29) is 5.82 Å². The van der Waals surface area contributed by atoms with Crippen LogP contribution in [0.1, 0.15) is 38.2 Å². The summed E-state index contributed by atoms with van der Waals surface area (Å²) in [6.07, 6.45) is 2.58. The molecule has 1 heterocycles. The van der Waals surface area contributed by atoms with Gasteiger partial charge in [0.2, 0.25) is 0 Å². The molecular formula is C14H19FO. The van der Waals surface area contributed by atoms with Crippen LogP contribution >= 0.6 is 0 Å². The average molecular weight is 222 g/mol. The van der Waals surface area contributed by atoms with Crippen LogP contribution in [-0.2, 0) is 4.74 Å². The summed E-state index contributed by atoms with van der Waals surface area (Å²) in [6, 6.07) is 6.86. The molecule has 2 unspecified atom stereocenters. The van der Waals surface area contributed by atoms with Crippen LogP contribution in [0, 0.1) is 11.7 Å². The summed E-state index contributed by atoms with van der Waals surface area (Å²) in [5.74, 6) is 0.746. The van der Waals surface area contributed by atoms with Gasteiger partial charge in [0.15, 0.2) is 0 Å². The van der Waals surface area contributed by atoms with Crippen molar-refractivity contribution in [3.63, 3.8) is 0 Å². The Balaban J connectivity index is 2.21. The molecule has 88 valence electrons.